The van der Waals surface area contributed by atoms with Crippen molar-refractivity contribution in [2.24, 2.45) is 0 Å². The summed E-state index contributed by atoms with van der Waals surface area (Å²) >= 11 is 0. The number of hydrogen-bond acceptors (Lipinski definition) is 4. The van der Waals surface area contributed by atoms with Crippen molar-refractivity contribution >= 4 is 5.97 Å². The van der Waals surface area contributed by atoms with Crippen LogP contribution in [0.1, 0.15) is 33.6 Å². The Balaban J connectivity index is 3.16. The number of methoxy groups -OCH3 is 1. The Morgan fingerprint density at radius 2 is 1.87 bits per heavy atom. The fourth-order valence-electron chi connectivity index (χ4n) is 1.11. The number of carbonyl (C=O) groups is 1. The minimum Gasteiger partial charge on any atom is -0.469 e. The summed E-state index contributed by atoms with van der Waals surface area (Å²) in [5.74, 6) is -0.135. The highest BCUT2D eigenvalue weighted by Gasteiger charge is 2.06. The molecule has 0 amide bonds. The Morgan fingerprint density at radius 1 is 1.20 bits per heavy atom. The van der Waals surface area contributed by atoms with Crippen molar-refractivity contribution in [3.63, 3.8) is 0 Å². The monoisotopic (exact) mass is 216 g/mol. The largest absolute Gasteiger partial charge is 0.469 e. The lowest BCUT2D eigenvalue weighted by molar-refractivity contribution is -0.140. The molecule has 0 fully saturated rings. The minimum atomic E-state index is -0.135. The standard InChI is InChI=1S/C11H24N2O2/c1-11(2,3)13-9-8-12-7-5-6-10(14)15-4/h12-13H,5-9H2,1-4H3. The molecule has 0 aromatic carbocycles. The molecule has 0 aromatic rings. The smallest absolute Gasteiger partial charge is 0.305 e. The van der Waals surface area contributed by atoms with E-state index in [0.29, 0.717) is 6.42 Å². The van der Waals surface area contributed by atoms with Crippen LogP contribution in [-0.4, -0.2) is 38.3 Å². The van der Waals surface area contributed by atoms with E-state index in [-0.39, 0.29) is 11.5 Å². The first-order valence-electron chi connectivity index (χ1n) is 5.48. The van der Waals surface area contributed by atoms with E-state index < -0.39 is 0 Å². The number of hydrogen-bond donors (Lipinski definition) is 2. The molecule has 90 valence electrons. The Kier molecular flexibility index (Phi) is 7.34. The van der Waals surface area contributed by atoms with Gasteiger partial charge in [0.2, 0.25) is 0 Å². The van der Waals surface area contributed by atoms with Gasteiger partial charge in [0.05, 0.1) is 7.11 Å². The number of ether oxygens (including phenoxy) is 1. The van der Waals surface area contributed by atoms with Crippen LogP contribution in [0.25, 0.3) is 0 Å². The van der Waals surface area contributed by atoms with Crippen LogP contribution in [0.2, 0.25) is 0 Å². The third-order valence-electron chi connectivity index (χ3n) is 1.92. The molecule has 0 bridgehead atoms. The average Bonchev–Trinajstić information content (AvgIpc) is 2.14. The number of carbonyl (C=O) groups excluding carboxylic acids is 1. The van der Waals surface area contributed by atoms with Crippen molar-refractivity contribution < 1.29 is 9.53 Å². The summed E-state index contributed by atoms with van der Waals surface area (Å²) in [5, 5.41) is 6.65. The average molecular weight is 216 g/mol. The maximum atomic E-state index is 10.8. The van der Waals surface area contributed by atoms with Crippen molar-refractivity contribution in [3.05, 3.63) is 0 Å². The second-order valence-corrected chi connectivity index (χ2v) is 4.61. The van der Waals surface area contributed by atoms with Crippen LogP contribution < -0.4 is 10.6 Å². The molecule has 0 aliphatic heterocycles. The third-order valence-corrected chi connectivity index (χ3v) is 1.92. The van der Waals surface area contributed by atoms with Crippen molar-refractivity contribution in [1.82, 2.24) is 10.6 Å². The van der Waals surface area contributed by atoms with Crippen LogP contribution in [-0.2, 0) is 9.53 Å². The number of esters is 1. The van der Waals surface area contributed by atoms with Gasteiger partial charge in [-0.3, -0.25) is 4.79 Å². The topological polar surface area (TPSA) is 50.4 Å². The molecule has 0 aromatic heterocycles. The molecule has 0 radical (unpaired) electrons. The van der Waals surface area contributed by atoms with E-state index in [1.165, 1.54) is 7.11 Å². The summed E-state index contributed by atoms with van der Waals surface area (Å²) < 4.78 is 4.54. The first kappa shape index (κ1) is 14.4. The Morgan fingerprint density at radius 3 is 2.40 bits per heavy atom. The van der Waals surface area contributed by atoms with Gasteiger partial charge < -0.3 is 15.4 Å². The molecule has 0 heterocycles. The van der Waals surface area contributed by atoms with E-state index in [0.717, 1.165) is 26.1 Å². The van der Waals surface area contributed by atoms with Crippen LogP contribution in [0.4, 0.5) is 0 Å². The van der Waals surface area contributed by atoms with Gasteiger partial charge in [-0.2, -0.15) is 0 Å². The van der Waals surface area contributed by atoms with Gasteiger partial charge in [0.1, 0.15) is 0 Å². The van der Waals surface area contributed by atoms with Gasteiger partial charge in [-0.15, -0.1) is 0 Å². The van der Waals surface area contributed by atoms with E-state index in [9.17, 15) is 4.79 Å². The van der Waals surface area contributed by atoms with Gasteiger partial charge in [-0.1, -0.05) is 0 Å². The molecule has 0 aliphatic carbocycles. The molecule has 0 rings (SSSR count). The zero-order chi connectivity index (χ0) is 11.7. The van der Waals surface area contributed by atoms with Crippen LogP contribution >= 0.6 is 0 Å². The highest BCUT2D eigenvalue weighted by molar-refractivity contribution is 5.68. The maximum absolute atomic E-state index is 10.8. The van der Waals surface area contributed by atoms with E-state index in [1.54, 1.807) is 0 Å². The summed E-state index contributed by atoms with van der Waals surface area (Å²) in [6.07, 6.45) is 1.33. The molecular formula is C11H24N2O2. The van der Waals surface area contributed by atoms with Gasteiger partial charge in [0.15, 0.2) is 0 Å². The lowest BCUT2D eigenvalue weighted by atomic mass is 10.1. The van der Waals surface area contributed by atoms with E-state index in [4.69, 9.17) is 0 Å². The fraction of sp³-hybridized carbons (Fsp3) is 0.909. The molecule has 0 aliphatic rings. The summed E-state index contributed by atoms with van der Waals surface area (Å²) in [5.41, 5.74) is 0.174. The highest BCUT2D eigenvalue weighted by atomic mass is 16.5. The Labute approximate surface area is 92.8 Å². The van der Waals surface area contributed by atoms with Gasteiger partial charge >= 0.3 is 5.97 Å². The summed E-state index contributed by atoms with van der Waals surface area (Å²) in [6.45, 7) is 9.17. The first-order valence-corrected chi connectivity index (χ1v) is 5.48. The summed E-state index contributed by atoms with van der Waals surface area (Å²) in [6, 6.07) is 0. The van der Waals surface area contributed by atoms with Gasteiger partial charge in [0.25, 0.3) is 0 Å². The molecule has 2 N–H and O–H groups in total. The number of nitrogens with one attached hydrogen (secondary N) is 2. The molecule has 0 unspecified atom stereocenters. The number of rotatable bonds is 7. The van der Waals surface area contributed by atoms with Gasteiger partial charge in [-0.25, -0.2) is 0 Å². The van der Waals surface area contributed by atoms with Crippen molar-refractivity contribution in [1.29, 1.82) is 0 Å². The van der Waals surface area contributed by atoms with Crippen LogP contribution in [0.15, 0.2) is 0 Å². The molecule has 0 spiro atoms. The molecule has 0 saturated heterocycles. The van der Waals surface area contributed by atoms with Crippen molar-refractivity contribution in [3.8, 4) is 0 Å². The molecular weight excluding hydrogens is 192 g/mol. The maximum Gasteiger partial charge on any atom is 0.305 e. The molecule has 0 saturated carbocycles. The molecule has 15 heavy (non-hydrogen) atoms. The van der Waals surface area contributed by atoms with E-state index in [1.807, 2.05) is 0 Å². The van der Waals surface area contributed by atoms with Gasteiger partial charge in [-0.05, 0) is 33.7 Å². The van der Waals surface area contributed by atoms with Crippen LogP contribution in [0.5, 0.6) is 0 Å². The van der Waals surface area contributed by atoms with E-state index >= 15 is 0 Å². The second-order valence-electron chi connectivity index (χ2n) is 4.61. The SMILES string of the molecule is COC(=O)CCCNCCNC(C)(C)C. The molecule has 0 atom stereocenters. The van der Waals surface area contributed by atoms with Crippen molar-refractivity contribution in [2.75, 3.05) is 26.7 Å². The fourth-order valence-corrected chi connectivity index (χ4v) is 1.11. The normalized spacial score (nSPS) is 11.5. The predicted molar refractivity (Wildman–Crippen MR) is 61.9 cm³/mol. The predicted octanol–water partition coefficient (Wildman–Crippen LogP) is 0.917. The van der Waals surface area contributed by atoms with E-state index in [2.05, 4.69) is 36.1 Å². The van der Waals surface area contributed by atoms with Gasteiger partial charge in [0, 0.05) is 25.0 Å². The highest BCUT2D eigenvalue weighted by Crippen LogP contribution is 1.96. The zero-order valence-electron chi connectivity index (χ0n) is 10.4. The Hall–Kier alpha value is -0.610. The van der Waals surface area contributed by atoms with Crippen LogP contribution in [0.3, 0.4) is 0 Å². The second kappa shape index (κ2) is 7.65. The molecule has 4 nitrogen and oxygen atoms in total. The lowest BCUT2D eigenvalue weighted by Crippen LogP contribution is -2.40. The minimum absolute atomic E-state index is 0.135. The quantitative estimate of drug-likeness (QED) is 0.491. The first-order chi connectivity index (χ1) is 6.95. The zero-order valence-corrected chi connectivity index (χ0v) is 10.4. The van der Waals surface area contributed by atoms with Crippen LogP contribution in [0, 0.1) is 0 Å². The third kappa shape index (κ3) is 11.3. The Bertz CT molecular complexity index is 176. The van der Waals surface area contributed by atoms with Crippen molar-refractivity contribution in [2.45, 2.75) is 39.2 Å². The lowest BCUT2D eigenvalue weighted by Gasteiger charge is -2.20. The summed E-state index contributed by atoms with van der Waals surface area (Å²) in [4.78, 5) is 10.8. The molecule has 4 heteroatoms. The summed E-state index contributed by atoms with van der Waals surface area (Å²) in [7, 11) is 1.42.